The average Bonchev–Trinajstić information content (AvgIpc) is 3.05. The van der Waals surface area contributed by atoms with Crippen molar-refractivity contribution in [3.63, 3.8) is 0 Å². The van der Waals surface area contributed by atoms with Gasteiger partial charge in [0.25, 0.3) is 0 Å². The van der Waals surface area contributed by atoms with Crippen molar-refractivity contribution in [3.8, 4) is 12.0 Å². The van der Waals surface area contributed by atoms with Crippen LogP contribution in [0.2, 0.25) is 0 Å². The molecule has 1 aliphatic heterocycles. The molecule has 0 aromatic rings. The van der Waals surface area contributed by atoms with Gasteiger partial charge < -0.3 is 9.47 Å². The number of allylic oxidation sites excluding steroid dienone is 1. The van der Waals surface area contributed by atoms with Crippen molar-refractivity contribution in [2.75, 3.05) is 6.61 Å². The maximum absolute atomic E-state index is 11.9. The van der Waals surface area contributed by atoms with E-state index in [-0.39, 0.29) is 6.29 Å². The maximum atomic E-state index is 11.9. The standard InChI is InChI=1S/C25H34O3/c1-25-13-11-21-20-9-7-19(26)16-17(20)5-8-22(21)23(25)10-6-18(25)12-15-28-24-4-2-3-14-27-24/h16,18,20-24H,2-11,13-14H2,1H3/t18-,20-,21+,22+,23-,24?,25+/m0/s1. The van der Waals surface area contributed by atoms with Gasteiger partial charge in [-0.2, -0.15) is 0 Å². The smallest absolute Gasteiger partial charge is 0.210 e. The summed E-state index contributed by atoms with van der Waals surface area (Å²) < 4.78 is 11.4. The number of ether oxygens (including phenoxy) is 2. The fourth-order valence-electron chi connectivity index (χ4n) is 7.39. The molecule has 3 saturated carbocycles. The van der Waals surface area contributed by atoms with E-state index in [1.807, 2.05) is 6.08 Å². The second-order valence-electron chi connectivity index (χ2n) is 10.1. The minimum absolute atomic E-state index is 0.112. The van der Waals surface area contributed by atoms with Crippen molar-refractivity contribution in [1.82, 2.24) is 0 Å². The Hall–Kier alpha value is -1.27. The first-order chi connectivity index (χ1) is 13.6. The molecule has 0 N–H and O–H groups in total. The van der Waals surface area contributed by atoms with Crippen molar-refractivity contribution >= 4 is 5.78 Å². The number of ketones is 1. The third kappa shape index (κ3) is 3.22. The van der Waals surface area contributed by atoms with E-state index >= 15 is 0 Å². The Morgan fingerprint density at radius 3 is 2.86 bits per heavy atom. The summed E-state index contributed by atoms with van der Waals surface area (Å²) in [5.41, 5.74) is 1.83. The fourth-order valence-corrected chi connectivity index (χ4v) is 7.39. The Balaban J connectivity index is 1.28. The summed E-state index contributed by atoms with van der Waals surface area (Å²) in [4.78, 5) is 11.9. The van der Waals surface area contributed by atoms with Crippen molar-refractivity contribution < 1.29 is 14.3 Å². The largest absolute Gasteiger partial charge is 0.414 e. The summed E-state index contributed by atoms with van der Waals surface area (Å²) in [7, 11) is 0. The van der Waals surface area contributed by atoms with Crippen LogP contribution in [0, 0.1) is 47.0 Å². The molecule has 0 amide bonds. The van der Waals surface area contributed by atoms with Crippen LogP contribution in [0.1, 0.15) is 77.6 Å². The number of carbonyl (C=O) groups excluding carboxylic acids is 1. The number of rotatable bonds is 1. The zero-order chi connectivity index (χ0) is 19.1. The molecule has 0 spiro atoms. The van der Waals surface area contributed by atoms with E-state index in [1.165, 1.54) is 44.1 Å². The Morgan fingerprint density at radius 2 is 2.00 bits per heavy atom. The predicted octanol–water partition coefficient (Wildman–Crippen LogP) is 5.25. The molecular formula is C25H34O3. The monoisotopic (exact) mass is 382 g/mol. The third-order valence-corrected chi connectivity index (χ3v) is 8.86. The van der Waals surface area contributed by atoms with Crippen LogP contribution >= 0.6 is 0 Å². The molecule has 5 rings (SSSR count). The quantitative estimate of drug-likeness (QED) is 0.581. The highest BCUT2D eigenvalue weighted by Crippen LogP contribution is 2.63. The first-order valence-electron chi connectivity index (χ1n) is 11.7. The summed E-state index contributed by atoms with van der Waals surface area (Å²) >= 11 is 0. The highest BCUT2D eigenvalue weighted by molar-refractivity contribution is 5.91. The molecule has 3 nitrogen and oxygen atoms in total. The maximum Gasteiger partial charge on any atom is 0.210 e. The zero-order valence-electron chi connectivity index (χ0n) is 17.3. The van der Waals surface area contributed by atoms with Crippen LogP contribution in [0.3, 0.4) is 0 Å². The molecule has 7 atom stereocenters. The summed E-state index contributed by atoms with van der Waals surface area (Å²) in [5.74, 6) is 7.49. The van der Waals surface area contributed by atoms with Gasteiger partial charge in [-0.15, -0.1) is 0 Å². The van der Waals surface area contributed by atoms with Gasteiger partial charge in [0, 0.05) is 18.8 Å². The minimum atomic E-state index is -0.112. The topological polar surface area (TPSA) is 35.5 Å². The Bertz CT molecular complexity index is 707. The molecule has 4 fully saturated rings. The van der Waals surface area contributed by atoms with E-state index < -0.39 is 0 Å². The predicted molar refractivity (Wildman–Crippen MR) is 108 cm³/mol. The van der Waals surface area contributed by atoms with Gasteiger partial charge in [-0.3, -0.25) is 4.79 Å². The Morgan fingerprint density at radius 1 is 1.07 bits per heavy atom. The van der Waals surface area contributed by atoms with Gasteiger partial charge in [0.05, 0.1) is 6.61 Å². The van der Waals surface area contributed by atoms with Crippen LogP contribution in [0.25, 0.3) is 0 Å². The van der Waals surface area contributed by atoms with Crippen LogP contribution in [-0.4, -0.2) is 18.7 Å². The molecule has 1 saturated heterocycles. The van der Waals surface area contributed by atoms with Gasteiger partial charge in [0.1, 0.15) is 6.11 Å². The van der Waals surface area contributed by atoms with Crippen molar-refractivity contribution in [2.45, 2.75) is 83.8 Å². The molecule has 0 aromatic heterocycles. The molecule has 152 valence electrons. The van der Waals surface area contributed by atoms with E-state index in [2.05, 4.69) is 19.0 Å². The van der Waals surface area contributed by atoms with Gasteiger partial charge >= 0.3 is 0 Å². The van der Waals surface area contributed by atoms with Gasteiger partial charge in [0.2, 0.25) is 6.29 Å². The number of carbonyl (C=O) groups is 1. The van der Waals surface area contributed by atoms with E-state index in [0.29, 0.717) is 23.0 Å². The summed E-state index contributed by atoms with van der Waals surface area (Å²) in [5, 5.41) is 0. The lowest BCUT2D eigenvalue weighted by molar-refractivity contribution is -0.122. The Kier molecular flexibility index (Phi) is 5.04. The average molecular weight is 383 g/mol. The molecule has 28 heavy (non-hydrogen) atoms. The molecule has 5 aliphatic rings. The van der Waals surface area contributed by atoms with Crippen molar-refractivity contribution in [2.24, 2.45) is 35.0 Å². The SMILES string of the molecule is C[C@]12CC[C@H]3[C@@H](CCC4=CC(=O)CC[C@@H]43)[C@@H]1CC[C@H]2C#COC1CCCCO1. The molecule has 1 unspecified atom stereocenters. The van der Waals surface area contributed by atoms with Gasteiger partial charge in [-0.25, -0.2) is 0 Å². The Labute approximate surface area is 169 Å². The molecular weight excluding hydrogens is 348 g/mol. The van der Waals surface area contributed by atoms with E-state index in [1.54, 1.807) is 0 Å². The van der Waals surface area contributed by atoms with E-state index in [4.69, 9.17) is 9.47 Å². The lowest BCUT2D eigenvalue weighted by Gasteiger charge is -2.53. The first kappa shape index (κ1) is 18.7. The third-order valence-electron chi connectivity index (χ3n) is 8.86. The summed E-state index contributed by atoms with van der Waals surface area (Å²) in [6.07, 6.45) is 17.7. The number of hydrogen-bond donors (Lipinski definition) is 0. The molecule has 3 heteroatoms. The van der Waals surface area contributed by atoms with Crippen LogP contribution in [0.15, 0.2) is 11.6 Å². The van der Waals surface area contributed by atoms with Crippen molar-refractivity contribution in [3.05, 3.63) is 11.6 Å². The van der Waals surface area contributed by atoms with E-state index in [9.17, 15) is 4.79 Å². The minimum Gasteiger partial charge on any atom is -0.414 e. The second-order valence-corrected chi connectivity index (χ2v) is 10.1. The van der Waals surface area contributed by atoms with Crippen LogP contribution < -0.4 is 0 Å². The highest BCUT2D eigenvalue weighted by Gasteiger charge is 2.55. The zero-order valence-corrected chi connectivity index (χ0v) is 17.3. The summed E-state index contributed by atoms with van der Waals surface area (Å²) in [6.45, 7) is 3.31. The van der Waals surface area contributed by atoms with Crippen LogP contribution in [0.5, 0.6) is 0 Å². The number of hydrogen-bond acceptors (Lipinski definition) is 3. The van der Waals surface area contributed by atoms with Crippen molar-refractivity contribution in [1.29, 1.82) is 0 Å². The van der Waals surface area contributed by atoms with Gasteiger partial charge in [0.15, 0.2) is 5.78 Å². The normalized spacial score (nSPS) is 45.0. The van der Waals surface area contributed by atoms with Gasteiger partial charge in [-0.1, -0.05) is 18.4 Å². The molecule has 0 bridgehead atoms. The molecule has 4 aliphatic carbocycles. The lowest BCUT2D eigenvalue weighted by Crippen LogP contribution is -2.46. The lowest BCUT2D eigenvalue weighted by atomic mass is 9.51. The number of fused-ring (bicyclic) bond motifs is 5. The molecule has 0 aromatic carbocycles. The van der Waals surface area contributed by atoms with Crippen LogP contribution in [0.4, 0.5) is 0 Å². The highest BCUT2D eigenvalue weighted by atomic mass is 16.7. The molecule has 1 heterocycles. The fraction of sp³-hybridized carbons (Fsp3) is 0.800. The van der Waals surface area contributed by atoms with Gasteiger partial charge in [-0.05, 0) is 93.0 Å². The summed E-state index contributed by atoms with van der Waals surface area (Å²) in [6, 6.07) is 0. The second kappa shape index (κ2) is 7.52. The molecule has 0 radical (unpaired) electrons. The van der Waals surface area contributed by atoms with E-state index in [0.717, 1.165) is 56.5 Å². The first-order valence-corrected chi connectivity index (χ1v) is 11.7. The van der Waals surface area contributed by atoms with Crippen LogP contribution in [-0.2, 0) is 14.3 Å².